The number of rotatable bonds is 6. The molecule has 1 aromatic heterocycles. The minimum atomic E-state index is 0.0258. The second-order valence-corrected chi connectivity index (χ2v) is 4.42. The minimum absolute atomic E-state index is 0.0258. The van der Waals surface area contributed by atoms with Gasteiger partial charge in [-0.3, -0.25) is 4.79 Å². The van der Waals surface area contributed by atoms with E-state index in [-0.39, 0.29) is 4.87 Å². The lowest BCUT2D eigenvalue weighted by Crippen LogP contribution is -2.28. The first-order valence-corrected chi connectivity index (χ1v) is 5.83. The van der Waals surface area contributed by atoms with Crippen LogP contribution >= 0.6 is 11.3 Å². The third-order valence-electron chi connectivity index (χ3n) is 2.20. The van der Waals surface area contributed by atoms with Gasteiger partial charge in [-0.25, -0.2) is 0 Å². The van der Waals surface area contributed by atoms with Crippen LogP contribution < -0.4 is 15.5 Å². The normalized spacial score (nSPS) is 16.0. The molecule has 5 heteroatoms. The molecule has 0 amide bonds. The largest absolute Gasteiger partial charge is 0.315 e. The fourth-order valence-corrected chi connectivity index (χ4v) is 1.86. The quantitative estimate of drug-likeness (QED) is 0.595. The highest BCUT2D eigenvalue weighted by Gasteiger charge is 2.19. The number of hydrogen-bond donors (Lipinski definition) is 3. The highest BCUT2D eigenvalue weighted by Crippen LogP contribution is 2.17. The van der Waals surface area contributed by atoms with E-state index in [0.717, 1.165) is 31.4 Å². The van der Waals surface area contributed by atoms with Crippen LogP contribution in [0, 0.1) is 0 Å². The maximum absolute atomic E-state index is 10.8. The van der Waals surface area contributed by atoms with E-state index in [9.17, 15) is 4.79 Å². The minimum Gasteiger partial charge on any atom is -0.315 e. The van der Waals surface area contributed by atoms with Crippen molar-refractivity contribution in [3.63, 3.8) is 0 Å². The van der Waals surface area contributed by atoms with Crippen molar-refractivity contribution in [2.24, 2.45) is 0 Å². The summed E-state index contributed by atoms with van der Waals surface area (Å²) < 4.78 is 0. The Morgan fingerprint density at radius 2 is 2.36 bits per heavy atom. The number of aromatic nitrogens is 1. The second kappa shape index (κ2) is 4.72. The van der Waals surface area contributed by atoms with Gasteiger partial charge in [-0.15, -0.1) is 0 Å². The lowest BCUT2D eigenvalue weighted by Gasteiger charge is -2.03. The zero-order chi connectivity index (χ0) is 9.80. The molecule has 0 bridgehead atoms. The Morgan fingerprint density at radius 3 is 3.00 bits per heavy atom. The molecule has 0 spiro atoms. The van der Waals surface area contributed by atoms with Gasteiger partial charge in [-0.2, -0.15) is 0 Å². The Balaban J connectivity index is 1.55. The Morgan fingerprint density at radius 1 is 1.50 bits per heavy atom. The summed E-state index contributed by atoms with van der Waals surface area (Å²) in [5.41, 5.74) is 0.978. The fraction of sp³-hybridized carbons (Fsp3) is 0.667. The molecule has 78 valence electrons. The summed E-state index contributed by atoms with van der Waals surface area (Å²) >= 11 is 1.22. The van der Waals surface area contributed by atoms with Crippen LogP contribution in [0.1, 0.15) is 18.5 Å². The Kier molecular flexibility index (Phi) is 3.34. The molecule has 2 rings (SSSR count). The molecular formula is C9H15N3OS. The molecule has 0 aliphatic heterocycles. The molecule has 1 aliphatic rings. The van der Waals surface area contributed by atoms with Gasteiger partial charge in [-0.05, 0) is 12.8 Å². The smallest absolute Gasteiger partial charge is 0.304 e. The van der Waals surface area contributed by atoms with Gasteiger partial charge in [-0.1, -0.05) is 11.3 Å². The lowest BCUT2D eigenvalue weighted by molar-refractivity contribution is 0.604. The topological polar surface area (TPSA) is 56.9 Å². The van der Waals surface area contributed by atoms with Crippen LogP contribution in [-0.2, 0) is 6.54 Å². The predicted octanol–water partition coefficient (Wildman–Crippen LogP) is 0.278. The van der Waals surface area contributed by atoms with Crippen LogP contribution in [0.4, 0.5) is 0 Å². The number of hydrogen-bond acceptors (Lipinski definition) is 4. The molecule has 1 aliphatic carbocycles. The van der Waals surface area contributed by atoms with E-state index < -0.39 is 0 Å². The third-order valence-corrected chi connectivity index (χ3v) is 2.92. The van der Waals surface area contributed by atoms with Crippen molar-refractivity contribution < 1.29 is 0 Å². The summed E-state index contributed by atoms with van der Waals surface area (Å²) in [5, 5.41) is 8.55. The van der Waals surface area contributed by atoms with E-state index >= 15 is 0 Å². The molecule has 1 aromatic rings. The standard InChI is InChI=1S/C9H15N3OS/c13-9-12-8(6-14-9)5-10-3-4-11-7-1-2-7/h6-7,10-11H,1-5H2,(H,12,13). The SMILES string of the molecule is O=c1[nH]c(CNCCNC2CC2)cs1. The summed E-state index contributed by atoms with van der Waals surface area (Å²) in [6.45, 7) is 2.72. The summed E-state index contributed by atoms with van der Waals surface area (Å²) in [6, 6.07) is 0.776. The van der Waals surface area contributed by atoms with Crippen molar-refractivity contribution in [3.05, 3.63) is 20.7 Å². The number of thiazole rings is 1. The van der Waals surface area contributed by atoms with E-state index in [0.29, 0.717) is 0 Å². The van der Waals surface area contributed by atoms with Crippen LogP contribution in [0.3, 0.4) is 0 Å². The van der Waals surface area contributed by atoms with Crippen molar-refractivity contribution in [3.8, 4) is 0 Å². The van der Waals surface area contributed by atoms with Crippen molar-refractivity contribution in [1.82, 2.24) is 15.6 Å². The Hall–Kier alpha value is -0.650. The lowest BCUT2D eigenvalue weighted by atomic mass is 10.4. The summed E-state index contributed by atoms with van der Waals surface area (Å²) in [7, 11) is 0. The first-order valence-electron chi connectivity index (χ1n) is 4.95. The van der Waals surface area contributed by atoms with E-state index in [1.165, 1.54) is 24.2 Å². The third kappa shape index (κ3) is 3.25. The molecule has 3 N–H and O–H groups in total. The first-order chi connectivity index (χ1) is 6.84. The molecule has 4 nitrogen and oxygen atoms in total. The molecule has 1 heterocycles. The van der Waals surface area contributed by atoms with Crippen LogP contribution in [0.2, 0.25) is 0 Å². The summed E-state index contributed by atoms with van der Waals surface area (Å²) in [6.07, 6.45) is 2.66. The molecule has 14 heavy (non-hydrogen) atoms. The highest BCUT2D eigenvalue weighted by atomic mass is 32.1. The van der Waals surface area contributed by atoms with Crippen molar-refractivity contribution >= 4 is 11.3 Å². The predicted molar refractivity (Wildman–Crippen MR) is 57.7 cm³/mol. The fourth-order valence-electron chi connectivity index (χ4n) is 1.28. The zero-order valence-corrected chi connectivity index (χ0v) is 8.82. The first kappa shape index (κ1) is 9.89. The van der Waals surface area contributed by atoms with Crippen LogP contribution in [-0.4, -0.2) is 24.1 Å². The maximum atomic E-state index is 10.8. The molecular weight excluding hydrogens is 198 g/mol. The molecule has 0 saturated heterocycles. The number of aromatic amines is 1. The van der Waals surface area contributed by atoms with Gasteiger partial charge in [0, 0.05) is 36.8 Å². The van der Waals surface area contributed by atoms with Crippen LogP contribution in [0.25, 0.3) is 0 Å². The van der Waals surface area contributed by atoms with Gasteiger partial charge < -0.3 is 15.6 Å². The van der Waals surface area contributed by atoms with E-state index in [1.54, 1.807) is 0 Å². The molecule has 0 atom stereocenters. The molecule has 1 fully saturated rings. The van der Waals surface area contributed by atoms with Gasteiger partial charge in [0.15, 0.2) is 0 Å². The summed E-state index contributed by atoms with van der Waals surface area (Å²) in [5.74, 6) is 0. The van der Waals surface area contributed by atoms with Crippen molar-refractivity contribution in [2.45, 2.75) is 25.4 Å². The van der Waals surface area contributed by atoms with Gasteiger partial charge in [0.2, 0.25) is 0 Å². The second-order valence-electron chi connectivity index (χ2n) is 3.58. The number of nitrogens with one attached hydrogen (secondary N) is 3. The van der Waals surface area contributed by atoms with E-state index in [1.807, 2.05) is 5.38 Å². The van der Waals surface area contributed by atoms with Gasteiger partial charge in [0.1, 0.15) is 0 Å². The van der Waals surface area contributed by atoms with Gasteiger partial charge >= 0.3 is 4.87 Å². The van der Waals surface area contributed by atoms with Crippen LogP contribution in [0.15, 0.2) is 10.2 Å². The highest BCUT2D eigenvalue weighted by molar-refractivity contribution is 7.07. The Labute approximate surface area is 86.7 Å². The van der Waals surface area contributed by atoms with Crippen molar-refractivity contribution in [1.29, 1.82) is 0 Å². The average molecular weight is 213 g/mol. The zero-order valence-electron chi connectivity index (χ0n) is 8.01. The molecule has 0 unspecified atom stereocenters. The average Bonchev–Trinajstić information content (AvgIpc) is 2.89. The van der Waals surface area contributed by atoms with Crippen molar-refractivity contribution in [2.75, 3.05) is 13.1 Å². The van der Waals surface area contributed by atoms with E-state index in [4.69, 9.17) is 0 Å². The van der Waals surface area contributed by atoms with E-state index in [2.05, 4.69) is 15.6 Å². The number of H-pyrrole nitrogens is 1. The molecule has 1 saturated carbocycles. The molecule has 0 aromatic carbocycles. The van der Waals surface area contributed by atoms with Crippen LogP contribution in [0.5, 0.6) is 0 Å². The summed E-state index contributed by atoms with van der Waals surface area (Å²) in [4.78, 5) is 13.6. The van der Waals surface area contributed by atoms with Gasteiger partial charge in [0.05, 0.1) is 0 Å². The molecule has 0 radical (unpaired) electrons. The maximum Gasteiger partial charge on any atom is 0.304 e. The Bertz CT molecular complexity index is 329. The monoisotopic (exact) mass is 213 g/mol. The van der Waals surface area contributed by atoms with Gasteiger partial charge in [0.25, 0.3) is 0 Å².